The molecule has 0 spiro atoms. The average molecular weight is 695 g/mol. The van der Waals surface area contributed by atoms with Crippen LogP contribution in [0.1, 0.15) is 216 Å². The molecule has 0 unspecified atom stereocenters. The molecule has 0 aromatic heterocycles. The first-order valence-electron chi connectivity index (χ1n) is 22.4. The molecule has 2 aliphatic rings. The first kappa shape index (κ1) is 41.5. The number of benzene rings is 2. The summed E-state index contributed by atoms with van der Waals surface area (Å²) in [5.41, 5.74) is 14.6. The number of unbranched alkanes of at least 4 members (excludes halogenated alkanes) is 12. The second-order valence-corrected chi connectivity index (χ2v) is 16.6. The van der Waals surface area contributed by atoms with Gasteiger partial charge in [0, 0.05) is 17.8 Å². The Morgan fingerprint density at radius 2 is 0.784 bits per heavy atom. The predicted molar refractivity (Wildman–Crippen MR) is 227 cm³/mol. The lowest BCUT2D eigenvalue weighted by atomic mass is 9.82. The van der Waals surface area contributed by atoms with Crippen molar-refractivity contribution < 1.29 is 0 Å². The van der Waals surface area contributed by atoms with Gasteiger partial charge < -0.3 is 0 Å². The molecule has 0 amide bonds. The van der Waals surface area contributed by atoms with Gasteiger partial charge in [-0.15, -0.1) is 0 Å². The average Bonchev–Trinajstić information content (AvgIpc) is 3.07. The lowest BCUT2D eigenvalue weighted by molar-refractivity contribution is 0.412. The van der Waals surface area contributed by atoms with Crippen molar-refractivity contribution in [3.8, 4) is 0 Å². The smallest absolute Gasteiger partial charge is 0.0699 e. The summed E-state index contributed by atoms with van der Waals surface area (Å²) in [5, 5.41) is 0. The number of aliphatic imine (C=N–C) groups is 2. The van der Waals surface area contributed by atoms with Gasteiger partial charge in [0.1, 0.15) is 0 Å². The Bertz CT molecular complexity index is 1250. The maximum atomic E-state index is 5.67. The van der Waals surface area contributed by atoms with Crippen molar-refractivity contribution >= 4 is 22.8 Å². The van der Waals surface area contributed by atoms with Gasteiger partial charge in [0.2, 0.25) is 0 Å². The molecule has 0 atom stereocenters. The van der Waals surface area contributed by atoms with Crippen molar-refractivity contribution in [1.82, 2.24) is 0 Å². The van der Waals surface area contributed by atoms with Crippen molar-refractivity contribution in [3.05, 3.63) is 57.6 Å². The van der Waals surface area contributed by atoms with Crippen LogP contribution in [0.3, 0.4) is 0 Å². The van der Waals surface area contributed by atoms with Crippen LogP contribution in [0.25, 0.3) is 0 Å². The Kier molecular flexibility index (Phi) is 19.1. The molecule has 0 N–H and O–H groups in total. The van der Waals surface area contributed by atoms with Gasteiger partial charge in [-0.3, -0.25) is 9.98 Å². The zero-order valence-corrected chi connectivity index (χ0v) is 34.5. The SMILES string of the molecule is CCCCCCc1ccc(Cc2ccc(CCCCCC)c(CCCCCC)c2N=C(C)C2CCC2)c(N=C(C)C2CCC2)c1CCCCCC. The number of aryl methyl sites for hydroxylation is 2. The van der Waals surface area contributed by atoms with E-state index in [1.165, 1.54) is 201 Å². The fraction of sp³-hybridized carbons (Fsp3) is 0.714. The number of nitrogens with zero attached hydrogens (tertiary/aromatic N) is 2. The molecule has 0 radical (unpaired) electrons. The first-order valence-corrected chi connectivity index (χ1v) is 22.4. The summed E-state index contributed by atoms with van der Waals surface area (Å²) in [7, 11) is 0. The van der Waals surface area contributed by atoms with E-state index in [2.05, 4.69) is 65.8 Å². The number of hydrogen-bond donors (Lipinski definition) is 0. The highest BCUT2D eigenvalue weighted by molar-refractivity contribution is 5.89. The normalized spacial score (nSPS) is 15.7. The van der Waals surface area contributed by atoms with Crippen molar-refractivity contribution in [2.75, 3.05) is 0 Å². The van der Waals surface area contributed by atoms with Crippen LogP contribution < -0.4 is 0 Å². The lowest BCUT2D eigenvalue weighted by Gasteiger charge is -2.27. The molecular formula is C49H78N2. The van der Waals surface area contributed by atoms with Gasteiger partial charge in [-0.1, -0.05) is 142 Å². The quantitative estimate of drug-likeness (QED) is 0.0692. The standard InChI is InChI=1S/C49H78N2/c1-7-11-15-19-25-42-33-35-44(48(46(42)31-21-17-13-9-3)50-38(5)40-27-23-28-40)37-45-36-34-43(26-20-16-12-8-2)47(32-22-18-14-10-4)49(45)51-39(6)41-29-24-30-41/h33-36,40-41H,7-32,37H2,1-6H3. The topological polar surface area (TPSA) is 24.7 Å². The van der Waals surface area contributed by atoms with Crippen LogP contribution in [0.2, 0.25) is 0 Å². The molecular weight excluding hydrogens is 617 g/mol. The van der Waals surface area contributed by atoms with Gasteiger partial charge in [-0.05, 0) is 136 Å². The molecule has 2 heteroatoms. The van der Waals surface area contributed by atoms with Gasteiger partial charge in [0.05, 0.1) is 11.4 Å². The van der Waals surface area contributed by atoms with Crippen molar-refractivity contribution in [1.29, 1.82) is 0 Å². The van der Waals surface area contributed by atoms with Crippen molar-refractivity contribution in [2.45, 2.75) is 215 Å². The van der Waals surface area contributed by atoms with Gasteiger partial charge in [0.25, 0.3) is 0 Å². The highest BCUT2D eigenvalue weighted by atomic mass is 14.8. The molecule has 4 rings (SSSR count). The minimum atomic E-state index is 0.672. The summed E-state index contributed by atoms with van der Waals surface area (Å²) in [4.78, 5) is 11.3. The molecule has 51 heavy (non-hydrogen) atoms. The van der Waals surface area contributed by atoms with E-state index in [1.54, 1.807) is 22.3 Å². The Hall–Kier alpha value is -2.22. The minimum Gasteiger partial charge on any atom is -0.257 e. The predicted octanol–water partition coefficient (Wildman–Crippen LogP) is 15.6. The summed E-state index contributed by atoms with van der Waals surface area (Å²) < 4.78 is 0. The maximum absolute atomic E-state index is 5.67. The van der Waals surface area contributed by atoms with Gasteiger partial charge in [-0.2, -0.15) is 0 Å². The Morgan fingerprint density at radius 1 is 0.451 bits per heavy atom. The monoisotopic (exact) mass is 695 g/mol. The van der Waals surface area contributed by atoms with Crippen LogP contribution >= 0.6 is 0 Å². The minimum absolute atomic E-state index is 0.672. The van der Waals surface area contributed by atoms with Crippen LogP contribution in [0.15, 0.2) is 34.3 Å². The van der Waals surface area contributed by atoms with E-state index in [0.29, 0.717) is 11.8 Å². The van der Waals surface area contributed by atoms with Gasteiger partial charge >= 0.3 is 0 Å². The molecule has 2 nitrogen and oxygen atoms in total. The highest BCUT2D eigenvalue weighted by Crippen LogP contribution is 2.39. The van der Waals surface area contributed by atoms with E-state index in [9.17, 15) is 0 Å². The van der Waals surface area contributed by atoms with Crippen molar-refractivity contribution in [3.63, 3.8) is 0 Å². The number of hydrogen-bond acceptors (Lipinski definition) is 2. The van der Waals surface area contributed by atoms with Gasteiger partial charge in [-0.25, -0.2) is 0 Å². The van der Waals surface area contributed by atoms with E-state index < -0.39 is 0 Å². The fourth-order valence-electron chi connectivity index (χ4n) is 8.38. The molecule has 0 saturated heterocycles. The molecule has 2 aliphatic carbocycles. The largest absolute Gasteiger partial charge is 0.257 e. The third-order valence-electron chi connectivity index (χ3n) is 12.4. The summed E-state index contributed by atoms with van der Waals surface area (Å²) >= 11 is 0. The third kappa shape index (κ3) is 13.0. The number of rotatable bonds is 26. The molecule has 2 aromatic carbocycles. The van der Waals surface area contributed by atoms with Crippen molar-refractivity contribution in [2.24, 2.45) is 21.8 Å². The van der Waals surface area contributed by atoms with Gasteiger partial charge in [0.15, 0.2) is 0 Å². The molecule has 2 saturated carbocycles. The fourth-order valence-corrected chi connectivity index (χ4v) is 8.38. The summed E-state index contributed by atoms with van der Waals surface area (Å²) in [6.07, 6.45) is 34.6. The molecule has 2 aromatic rings. The van der Waals surface area contributed by atoms with Crippen LogP contribution in [0.5, 0.6) is 0 Å². The van der Waals surface area contributed by atoms with E-state index in [4.69, 9.17) is 9.98 Å². The first-order chi connectivity index (χ1) is 25.0. The zero-order chi connectivity index (χ0) is 36.3. The van der Waals surface area contributed by atoms with E-state index in [-0.39, 0.29) is 0 Å². The third-order valence-corrected chi connectivity index (χ3v) is 12.4. The summed E-state index contributed by atoms with van der Waals surface area (Å²) in [6.45, 7) is 14.0. The molecule has 0 heterocycles. The van der Waals surface area contributed by atoms with Crippen LogP contribution in [-0.2, 0) is 32.1 Å². The lowest BCUT2D eigenvalue weighted by Crippen LogP contribution is -2.19. The maximum Gasteiger partial charge on any atom is 0.0699 e. The van der Waals surface area contributed by atoms with Crippen LogP contribution in [0.4, 0.5) is 11.4 Å². The van der Waals surface area contributed by atoms with E-state index >= 15 is 0 Å². The van der Waals surface area contributed by atoms with E-state index in [1.807, 2.05) is 0 Å². The molecule has 0 aliphatic heterocycles. The van der Waals surface area contributed by atoms with E-state index in [0.717, 1.165) is 6.42 Å². The second-order valence-electron chi connectivity index (χ2n) is 16.6. The molecule has 2 fully saturated rings. The highest BCUT2D eigenvalue weighted by Gasteiger charge is 2.24. The zero-order valence-electron chi connectivity index (χ0n) is 34.5. The van der Waals surface area contributed by atoms with Crippen LogP contribution in [-0.4, -0.2) is 11.4 Å². The summed E-state index contributed by atoms with van der Waals surface area (Å²) in [5.74, 6) is 1.34. The van der Waals surface area contributed by atoms with Crippen LogP contribution in [0, 0.1) is 11.8 Å². The Balaban J connectivity index is 1.82. The summed E-state index contributed by atoms with van der Waals surface area (Å²) in [6, 6.07) is 10.0. The molecule has 284 valence electrons. The molecule has 0 bridgehead atoms. The Labute approximate surface area is 316 Å². The Morgan fingerprint density at radius 3 is 1.10 bits per heavy atom. The second kappa shape index (κ2) is 23.4.